The summed E-state index contributed by atoms with van der Waals surface area (Å²) >= 11 is 6.22. The molecule has 2 saturated heterocycles. The molecule has 2 aromatic rings. The molecule has 4 atom stereocenters. The molecule has 2 fully saturated rings. The van der Waals surface area contributed by atoms with E-state index in [1.165, 1.54) is 6.33 Å². The number of likely N-dealkylation sites (tertiary alicyclic amines) is 1. The number of piperazine rings is 1. The number of aliphatic hydroxyl groups is 1. The zero-order valence-electron chi connectivity index (χ0n) is 24.9. The predicted octanol–water partition coefficient (Wildman–Crippen LogP) is 5.28. The maximum atomic E-state index is 14.4. The Bertz CT molecular complexity index is 1290. The van der Waals surface area contributed by atoms with Gasteiger partial charge in [0, 0.05) is 42.3 Å². The standard InChI is InChI=1S/C31H42ClN5O4/c1-19-17-23(38)26-24(19)27(34-18-33-26)35-13-15-36(16-14-35)28(39)25(20-7-9-21(32)10-8-20)22-11-12-31(5,6)37(22)29(40)41-30(2,3)4/h7-10,18-19,22-23,25,38H,11-17H2,1-6H3/t19-,22?,23-,25+/m1/s1. The average Bonchev–Trinajstić information content (AvgIpc) is 3.38. The molecule has 3 heterocycles. The number of carbonyl (C=O) groups is 2. The summed E-state index contributed by atoms with van der Waals surface area (Å²) in [5, 5.41) is 11.0. The van der Waals surface area contributed by atoms with Gasteiger partial charge in [0.1, 0.15) is 17.7 Å². The van der Waals surface area contributed by atoms with Crippen LogP contribution in [0.4, 0.5) is 10.6 Å². The topological polar surface area (TPSA) is 99.1 Å². The molecule has 0 saturated carbocycles. The Morgan fingerprint density at radius 1 is 1.10 bits per heavy atom. The molecule has 1 unspecified atom stereocenters. The van der Waals surface area contributed by atoms with Crippen LogP contribution < -0.4 is 4.90 Å². The van der Waals surface area contributed by atoms with Gasteiger partial charge >= 0.3 is 6.09 Å². The molecule has 0 spiro atoms. The van der Waals surface area contributed by atoms with E-state index < -0.39 is 29.3 Å². The summed E-state index contributed by atoms with van der Waals surface area (Å²) in [6.45, 7) is 14.1. The van der Waals surface area contributed by atoms with Gasteiger partial charge < -0.3 is 19.6 Å². The Hall–Kier alpha value is -2.91. The van der Waals surface area contributed by atoms with E-state index in [1.807, 2.05) is 51.7 Å². The van der Waals surface area contributed by atoms with E-state index >= 15 is 0 Å². The van der Waals surface area contributed by atoms with Crippen molar-refractivity contribution in [1.82, 2.24) is 19.8 Å². The molecule has 1 aromatic carbocycles. The first-order valence-electron chi connectivity index (χ1n) is 14.6. The smallest absolute Gasteiger partial charge is 0.411 e. The lowest BCUT2D eigenvalue weighted by molar-refractivity contribution is -0.134. The first kappa shape index (κ1) is 29.6. The van der Waals surface area contributed by atoms with E-state index in [9.17, 15) is 14.7 Å². The number of aliphatic hydroxyl groups excluding tert-OH is 1. The minimum absolute atomic E-state index is 0.0000576. The zero-order valence-corrected chi connectivity index (χ0v) is 25.7. The third kappa shape index (κ3) is 5.89. The van der Waals surface area contributed by atoms with E-state index in [0.29, 0.717) is 44.0 Å². The fourth-order valence-corrected chi connectivity index (χ4v) is 6.82. The van der Waals surface area contributed by atoms with E-state index in [0.717, 1.165) is 29.1 Å². The first-order chi connectivity index (χ1) is 19.3. The number of carbonyl (C=O) groups excluding carboxylic acids is 2. The summed E-state index contributed by atoms with van der Waals surface area (Å²) in [5.74, 6) is 0.482. The van der Waals surface area contributed by atoms with E-state index in [2.05, 4.69) is 21.8 Å². The lowest BCUT2D eigenvalue weighted by Crippen LogP contribution is -2.55. The molecule has 5 rings (SSSR count). The van der Waals surface area contributed by atoms with Crippen LogP contribution in [0.2, 0.25) is 5.02 Å². The SMILES string of the molecule is C[C@@H]1C[C@@H](O)c2ncnc(N3CCN(C(=O)[C@@H](c4ccc(Cl)cc4)C4CCC(C)(C)N4C(=O)OC(C)(C)C)CC3)c21. The molecule has 10 heteroatoms. The highest BCUT2D eigenvalue weighted by molar-refractivity contribution is 6.30. The molecule has 2 amide bonds. The molecular formula is C31H42ClN5O4. The summed E-state index contributed by atoms with van der Waals surface area (Å²) in [6, 6.07) is 7.06. The third-order valence-electron chi connectivity index (χ3n) is 8.68. The van der Waals surface area contributed by atoms with Crippen LogP contribution in [0.5, 0.6) is 0 Å². The van der Waals surface area contributed by atoms with Gasteiger partial charge in [-0.05, 0) is 77.5 Å². The fraction of sp³-hybridized carbons (Fsp3) is 0.613. The van der Waals surface area contributed by atoms with Gasteiger partial charge in [0.05, 0.1) is 23.8 Å². The Kier molecular flexibility index (Phi) is 7.98. The van der Waals surface area contributed by atoms with Gasteiger partial charge in [0.25, 0.3) is 0 Å². The number of ether oxygens (including phenoxy) is 1. The second-order valence-corrected chi connectivity index (χ2v) is 13.7. The Balaban J connectivity index is 1.40. The average molecular weight is 584 g/mol. The number of rotatable bonds is 4. The van der Waals surface area contributed by atoms with Gasteiger partial charge in [-0.15, -0.1) is 0 Å². The second-order valence-electron chi connectivity index (χ2n) is 13.3. The lowest BCUT2D eigenvalue weighted by atomic mass is 9.88. The molecule has 0 radical (unpaired) electrons. The Labute approximate surface area is 247 Å². The number of amides is 2. The number of anilines is 1. The molecular weight excluding hydrogens is 542 g/mol. The normalized spacial score (nSPS) is 24.8. The molecule has 2 aliphatic heterocycles. The highest BCUT2D eigenvalue weighted by atomic mass is 35.5. The van der Waals surface area contributed by atoms with E-state index in [-0.39, 0.29) is 17.9 Å². The first-order valence-corrected chi connectivity index (χ1v) is 15.0. The van der Waals surface area contributed by atoms with Crippen LogP contribution in [0.25, 0.3) is 0 Å². The van der Waals surface area contributed by atoms with Crippen molar-refractivity contribution in [3.8, 4) is 0 Å². The summed E-state index contributed by atoms with van der Waals surface area (Å²) in [5.41, 5.74) is 1.47. The van der Waals surface area contributed by atoms with Crippen molar-refractivity contribution < 1.29 is 19.4 Å². The quantitative estimate of drug-likeness (QED) is 0.523. The maximum Gasteiger partial charge on any atom is 0.411 e. The van der Waals surface area contributed by atoms with Gasteiger partial charge in [-0.2, -0.15) is 0 Å². The van der Waals surface area contributed by atoms with Crippen LogP contribution in [0.1, 0.15) is 95.6 Å². The summed E-state index contributed by atoms with van der Waals surface area (Å²) < 4.78 is 5.84. The summed E-state index contributed by atoms with van der Waals surface area (Å²) in [7, 11) is 0. The number of fused-ring (bicyclic) bond motifs is 1. The van der Waals surface area contributed by atoms with E-state index in [1.54, 1.807) is 17.0 Å². The van der Waals surface area contributed by atoms with Crippen LogP contribution in [-0.4, -0.2) is 80.2 Å². The molecule has 41 heavy (non-hydrogen) atoms. The van der Waals surface area contributed by atoms with Crippen molar-refractivity contribution in [1.29, 1.82) is 0 Å². The van der Waals surface area contributed by atoms with E-state index in [4.69, 9.17) is 16.3 Å². The largest absolute Gasteiger partial charge is 0.444 e. The fourth-order valence-electron chi connectivity index (χ4n) is 6.70. The van der Waals surface area contributed by atoms with Crippen LogP contribution in [0, 0.1) is 0 Å². The van der Waals surface area contributed by atoms with Gasteiger partial charge in [0.15, 0.2) is 0 Å². The summed E-state index contributed by atoms with van der Waals surface area (Å²) in [4.78, 5) is 42.8. The number of benzene rings is 1. The number of aromatic nitrogens is 2. The second kappa shape index (κ2) is 11.1. The molecule has 1 aliphatic carbocycles. The van der Waals surface area contributed by atoms with Crippen molar-refractivity contribution in [3.63, 3.8) is 0 Å². The maximum absolute atomic E-state index is 14.4. The monoisotopic (exact) mass is 583 g/mol. The van der Waals surface area contributed by atoms with Gasteiger partial charge in [-0.3, -0.25) is 9.69 Å². The Morgan fingerprint density at radius 3 is 2.39 bits per heavy atom. The predicted molar refractivity (Wildman–Crippen MR) is 158 cm³/mol. The van der Waals surface area contributed by atoms with Crippen molar-refractivity contribution in [2.45, 2.75) is 95.9 Å². The number of hydrogen-bond donors (Lipinski definition) is 1. The van der Waals surface area contributed by atoms with Gasteiger partial charge in [-0.1, -0.05) is 30.7 Å². The molecule has 222 valence electrons. The highest BCUT2D eigenvalue weighted by Crippen LogP contribution is 2.44. The molecule has 9 nitrogen and oxygen atoms in total. The molecule has 3 aliphatic rings. The molecule has 1 aromatic heterocycles. The van der Waals surface area contributed by atoms with Crippen LogP contribution >= 0.6 is 11.6 Å². The van der Waals surface area contributed by atoms with Gasteiger partial charge in [-0.25, -0.2) is 14.8 Å². The minimum Gasteiger partial charge on any atom is -0.444 e. The molecule has 1 N–H and O–H groups in total. The lowest BCUT2D eigenvalue weighted by Gasteiger charge is -2.42. The summed E-state index contributed by atoms with van der Waals surface area (Å²) in [6.07, 6.45) is 2.68. The number of halogens is 1. The van der Waals surface area contributed by atoms with Crippen LogP contribution in [0.15, 0.2) is 30.6 Å². The van der Waals surface area contributed by atoms with Crippen molar-refractivity contribution in [2.75, 3.05) is 31.1 Å². The highest BCUT2D eigenvalue weighted by Gasteiger charge is 2.50. The van der Waals surface area contributed by atoms with Crippen molar-refractivity contribution in [2.24, 2.45) is 0 Å². The van der Waals surface area contributed by atoms with Crippen molar-refractivity contribution >= 4 is 29.4 Å². The van der Waals surface area contributed by atoms with Gasteiger partial charge in [0.2, 0.25) is 5.91 Å². The van der Waals surface area contributed by atoms with Crippen LogP contribution in [-0.2, 0) is 9.53 Å². The Morgan fingerprint density at radius 2 is 1.76 bits per heavy atom. The zero-order chi connectivity index (χ0) is 29.7. The number of hydrogen-bond acceptors (Lipinski definition) is 7. The number of nitrogens with zero attached hydrogens (tertiary/aromatic N) is 5. The van der Waals surface area contributed by atoms with Crippen LogP contribution in [0.3, 0.4) is 0 Å². The van der Waals surface area contributed by atoms with Crippen molar-refractivity contribution in [3.05, 3.63) is 52.4 Å². The minimum atomic E-state index is -0.648. The third-order valence-corrected chi connectivity index (χ3v) is 8.93. The molecule has 0 bridgehead atoms.